The predicted molar refractivity (Wildman–Crippen MR) is 86.9 cm³/mol. The lowest BCUT2D eigenvalue weighted by atomic mass is 9.95. The molecular formula is C16H22N2O4S. The number of rotatable bonds is 3. The number of nitrogens with zero attached hydrogens (tertiary/aromatic N) is 2. The second-order valence-corrected chi connectivity index (χ2v) is 8.05. The molecule has 0 aromatic heterocycles. The highest BCUT2D eigenvalue weighted by molar-refractivity contribution is 7.90. The zero-order valence-electron chi connectivity index (χ0n) is 13.7. The minimum Gasteiger partial charge on any atom is -0.349 e. The van der Waals surface area contributed by atoms with Gasteiger partial charge in [-0.1, -0.05) is 12.1 Å². The fraction of sp³-hybridized carbons (Fsp3) is 0.500. The van der Waals surface area contributed by atoms with Gasteiger partial charge in [0.25, 0.3) is 5.91 Å². The minimum atomic E-state index is -3.46. The molecule has 2 rings (SSSR count). The van der Waals surface area contributed by atoms with E-state index in [1.165, 1.54) is 12.1 Å². The van der Waals surface area contributed by atoms with Crippen molar-refractivity contribution in [3.8, 4) is 0 Å². The Hall–Kier alpha value is -1.89. The van der Waals surface area contributed by atoms with Gasteiger partial charge in [-0.15, -0.1) is 0 Å². The Kier molecular flexibility index (Phi) is 5.09. The van der Waals surface area contributed by atoms with Gasteiger partial charge in [-0.25, -0.2) is 8.42 Å². The number of hydrogen-bond acceptors (Lipinski definition) is 4. The van der Waals surface area contributed by atoms with Gasteiger partial charge in [0.1, 0.15) is 0 Å². The van der Waals surface area contributed by atoms with Crippen molar-refractivity contribution in [3.05, 3.63) is 29.8 Å². The number of piperidine rings is 1. The summed E-state index contributed by atoms with van der Waals surface area (Å²) < 4.78 is 23.7. The lowest BCUT2D eigenvalue weighted by molar-refractivity contribution is -0.134. The average molecular weight is 338 g/mol. The van der Waals surface area contributed by atoms with E-state index in [-0.39, 0.29) is 28.2 Å². The topological polar surface area (TPSA) is 74.8 Å². The van der Waals surface area contributed by atoms with Crippen molar-refractivity contribution in [1.29, 1.82) is 0 Å². The van der Waals surface area contributed by atoms with E-state index < -0.39 is 9.84 Å². The molecule has 1 aliphatic rings. The smallest absolute Gasteiger partial charge is 0.255 e. The second kappa shape index (κ2) is 6.70. The molecule has 1 aliphatic heterocycles. The highest BCUT2D eigenvalue weighted by atomic mass is 32.2. The van der Waals surface area contributed by atoms with Crippen molar-refractivity contribution in [2.45, 2.75) is 17.7 Å². The molecule has 7 heteroatoms. The molecule has 1 fully saturated rings. The molecule has 0 aliphatic carbocycles. The highest BCUT2D eigenvalue weighted by Crippen LogP contribution is 2.23. The first-order chi connectivity index (χ1) is 10.7. The molecule has 126 valence electrons. The van der Waals surface area contributed by atoms with Gasteiger partial charge in [-0.2, -0.15) is 0 Å². The SMILES string of the molecule is CN(C)C(=O)C1CCN(C(=O)c2ccccc2S(C)(=O)=O)CC1. The fourth-order valence-corrected chi connectivity index (χ4v) is 3.71. The Labute approximate surface area is 137 Å². The van der Waals surface area contributed by atoms with E-state index in [0.717, 1.165) is 6.26 Å². The first kappa shape index (κ1) is 17.5. The van der Waals surface area contributed by atoms with Crippen LogP contribution in [-0.2, 0) is 14.6 Å². The molecule has 1 aromatic rings. The quantitative estimate of drug-likeness (QED) is 0.825. The zero-order valence-corrected chi connectivity index (χ0v) is 14.5. The summed E-state index contributed by atoms with van der Waals surface area (Å²) in [5, 5.41) is 0. The van der Waals surface area contributed by atoms with Gasteiger partial charge >= 0.3 is 0 Å². The standard InChI is InChI=1S/C16H22N2O4S/c1-17(2)15(19)12-8-10-18(11-9-12)16(20)13-6-4-5-7-14(13)23(3,21)22/h4-7,12H,8-11H2,1-3H3. The number of carbonyl (C=O) groups is 2. The van der Waals surface area contributed by atoms with Crippen molar-refractivity contribution in [1.82, 2.24) is 9.80 Å². The molecule has 2 amide bonds. The van der Waals surface area contributed by atoms with Gasteiger partial charge in [0, 0.05) is 39.4 Å². The van der Waals surface area contributed by atoms with Crippen LogP contribution in [0.15, 0.2) is 29.2 Å². The van der Waals surface area contributed by atoms with Crippen LogP contribution in [0.25, 0.3) is 0 Å². The van der Waals surface area contributed by atoms with E-state index >= 15 is 0 Å². The van der Waals surface area contributed by atoms with E-state index in [1.54, 1.807) is 36.0 Å². The normalized spacial score (nSPS) is 16.2. The van der Waals surface area contributed by atoms with E-state index in [9.17, 15) is 18.0 Å². The molecule has 0 unspecified atom stereocenters. The van der Waals surface area contributed by atoms with Crippen LogP contribution in [-0.4, -0.2) is 63.5 Å². The van der Waals surface area contributed by atoms with Gasteiger partial charge in [-0.05, 0) is 25.0 Å². The molecule has 0 spiro atoms. The summed E-state index contributed by atoms with van der Waals surface area (Å²) in [6.07, 6.45) is 2.30. The lowest BCUT2D eigenvalue weighted by Crippen LogP contribution is -2.43. The Morgan fingerprint density at radius 1 is 1.13 bits per heavy atom. The minimum absolute atomic E-state index is 0.0523. The number of likely N-dealkylation sites (tertiary alicyclic amines) is 1. The van der Waals surface area contributed by atoms with Crippen LogP contribution in [0.3, 0.4) is 0 Å². The molecule has 0 radical (unpaired) electrons. The van der Waals surface area contributed by atoms with Crippen molar-refractivity contribution in [2.75, 3.05) is 33.4 Å². The maximum absolute atomic E-state index is 12.6. The van der Waals surface area contributed by atoms with Gasteiger partial charge in [0.2, 0.25) is 5.91 Å². The number of benzene rings is 1. The van der Waals surface area contributed by atoms with Gasteiger partial charge < -0.3 is 9.80 Å². The van der Waals surface area contributed by atoms with Crippen molar-refractivity contribution < 1.29 is 18.0 Å². The van der Waals surface area contributed by atoms with Crippen LogP contribution in [0, 0.1) is 5.92 Å². The van der Waals surface area contributed by atoms with Crippen LogP contribution < -0.4 is 0 Å². The zero-order chi connectivity index (χ0) is 17.2. The molecule has 0 N–H and O–H groups in total. The second-order valence-electron chi connectivity index (χ2n) is 6.07. The van der Waals surface area contributed by atoms with E-state index in [0.29, 0.717) is 25.9 Å². The Morgan fingerprint density at radius 2 is 1.70 bits per heavy atom. The maximum atomic E-state index is 12.6. The molecule has 0 atom stereocenters. The molecule has 0 saturated carbocycles. The fourth-order valence-electron chi connectivity index (χ4n) is 2.83. The largest absolute Gasteiger partial charge is 0.349 e. The molecule has 1 aromatic carbocycles. The van der Waals surface area contributed by atoms with Crippen molar-refractivity contribution in [3.63, 3.8) is 0 Å². The van der Waals surface area contributed by atoms with Crippen LogP contribution in [0.4, 0.5) is 0 Å². The predicted octanol–water partition coefficient (Wildman–Crippen LogP) is 1.03. The Balaban J connectivity index is 2.14. The summed E-state index contributed by atoms with van der Waals surface area (Å²) >= 11 is 0. The van der Waals surface area contributed by atoms with Gasteiger partial charge in [-0.3, -0.25) is 9.59 Å². The third-order valence-electron chi connectivity index (χ3n) is 4.09. The van der Waals surface area contributed by atoms with Crippen molar-refractivity contribution >= 4 is 21.7 Å². The van der Waals surface area contributed by atoms with Crippen LogP contribution in [0.1, 0.15) is 23.2 Å². The Morgan fingerprint density at radius 3 is 2.22 bits per heavy atom. The van der Waals surface area contributed by atoms with Gasteiger partial charge in [0.05, 0.1) is 10.5 Å². The van der Waals surface area contributed by atoms with E-state index in [4.69, 9.17) is 0 Å². The van der Waals surface area contributed by atoms with Gasteiger partial charge in [0.15, 0.2) is 9.84 Å². The number of sulfone groups is 1. The summed E-state index contributed by atoms with van der Waals surface area (Å²) in [5.74, 6) is -0.283. The van der Waals surface area contributed by atoms with Crippen LogP contribution in [0.5, 0.6) is 0 Å². The summed E-state index contributed by atoms with van der Waals surface area (Å²) in [6, 6.07) is 6.25. The molecule has 23 heavy (non-hydrogen) atoms. The van der Waals surface area contributed by atoms with Crippen molar-refractivity contribution in [2.24, 2.45) is 5.92 Å². The molecular weight excluding hydrogens is 316 g/mol. The third-order valence-corrected chi connectivity index (χ3v) is 5.24. The summed E-state index contributed by atoms with van der Waals surface area (Å²) in [7, 11) is -0.0121. The molecule has 6 nitrogen and oxygen atoms in total. The summed E-state index contributed by atoms with van der Waals surface area (Å²) in [6.45, 7) is 0.919. The van der Waals surface area contributed by atoms with E-state index in [2.05, 4.69) is 0 Å². The van der Waals surface area contributed by atoms with Crippen LogP contribution >= 0.6 is 0 Å². The third kappa shape index (κ3) is 3.90. The summed E-state index contributed by atoms with van der Waals surface area (Å²) in [4.78, 5) is 27.9. The highest BCUT2D eigenvalue weighted by Gasteiger charge is 2.30. The van der Waals surface area contributed by atoms with E-state index in [1.807, 2.05) is 0 Å². The molecule has 1 heterocycles. The molecule has 0 bridgehead atoms. The maximum Gasteiger partial charge on any atom is 0.255 e. The average Bonchev–Trinajstić information content (AvgIpc) is 2.52. The first-order valence-electron chi connectivity index (χ1n) is 7.51. The first-order valence-corrected chi connectivity index (χ1v) is 9.40. The summed E-state index contributed by atoms with van der Waals surface area (Å²) in [5.41, 5.74) is 0.201. The Bertz CT molecular complexity index is 705. The monoisotopic (exact) mass is 338 g/mol. The number of carbonyl (C=O) groups excluding carboxylic acids is 2. The van der Waals surface area contributed by atoms with Crippen LogP contribution in [0.2, 0.25) is 0 Å². The number of amides is 2. The number of hydrogen-bond donors (Lipinski definition) is 0. The molecule has 1 saturated heterocycles. The lowest BCUT2D eigenvalue weighted by Gasteiger charge is -2.32.